The van der Waals surface area contributed by atoms with Gasteiger partial charge in [0.15, 0.2) is 5.83 Å². The predicted octanol–water partition coefficient (Wildman–Crippen LogP) is 2.64. The molecule has 1 aliphatic rings. The van der Waals surface area contributed by atoms with E-state index >= 15 is 0 Å². The van der Waals surface area contributed by atoms with Gasteiger partial charge in [-0.15, -0.1) is 0 Å². The van der Waals surface area contributed by atoms with Gasteiger partial charge in [0, 0.05) is 0 Å². The Hall–Kier alpha value is -0.500. The lowest BCUT2D eigenvalue weighted by Gasteiger charge is -2.05. The summed E-state index contributed by atoms with van der Waals surface area (Å²) >= 11 is 5.37. The maximum atomic E-state index is 12.4. The zero-order valence-electron chi connectivity index (χ0n) is 4.69. The summed E-state index contributed by atoms with van der Waals surface area (Å²) in [6.07, 6.45) is 2.54. The van der Waals surface area contributed by atoms with Crippen molar-refractivity contribution < 1.29 is 9.50 Å². The first kappa shape index (κ1) is 6.62. The predicted molar refractivity (Wildman–Crippen MR) is 33.9 cm³/mol. The molecule has 0 aromatic rings. The number of hydrogen-bond donors (Lipinski definition) is 1. The monoisotopic (exact) mass is 148 g/mol. The minimum atomic E-state index is -0.678. The molecule has 0 bridgehead atoms. The van der Waals surface area contributed by atoms with Gasteiger partial charge >= 0.3 is 0 Å². The van der Waals surface area contributed by atoms with Crippen molar-refractivity contribution >= 4 is 11.6 Å². The van der Waals surface area contributed by atoms with Gasteiger partial charge in [-0.05, 0) is 18.9 Å². The summed E-state index contributed by atoms with van der Waals surface area (Å²) in [5.74, 6) is -1.01. The van der Waals surface area contributed by atoms with Crippen LogP contribution in [0.2, 0.25) is 0 Å². The second-order valence-electron chi connectivity index (χ2n) is 1.85. The van der Waals surface area contributed by atoms with Crippen LogP contribution in [0.3, 0.4) is 0 Å². The van der Waals surface area contributed by atoms with E-state index in [9.17, 15) is 4.39 Å². The number of rotatable bonds is 0. The van der Waals surface area contributed by atoms with Gasteiger partial charge in [0.2, 0.25) is 0 Å². The van der Waals surface area contributed by atoms with Crippen LogP contribution in [0.5, 0.6) is 0 Å². The van der Waals surface area contributed by atoms with Crippen molar-refractivity contribution in [3.05, 3.63) is 22.7 Å². The van der Waals surface area contributed by atoms with E-state index in [1.165, 1.54) is 6.08 Å². The highest BCUT2D eigenvalue weighted by Crippen LogP contribution is 2.26. The smallest absolute Gasteiger partial charge is 0.178 e. The molecule has 0 radical (unpaired) electrons. The minimum Gasteiger partial charge on any atom is -0.505 e. The van der Waals surface area contributed by atoms with E-state index < -0.39 is 5.83 Å². The normalized spacial score (nSPS) is 20.0. The second-order valence-corrected chi connectivity index (χ2v) is 2.30. The summed E-state index contributed by atoms with van der Waals surface area (Å²) in [7, 11) is 0. The van der Waals surface area contributed by atoms with Gasteiger partial charge in [-0.25, -0.2) is 4.39 Å². The van der Waals surface area contributed by atoms with E-state index in [1.807, 2.05) is 0 Å². The Kier molecular flexibility index (Phi) is 1.76. The maximum absolute atomic E-state index is 12.4. The molecular weight excluding hydrogens is 143 g/mol. The Balaban J connectivity index is 2.88. The first-order valence-corrected chi connectivity index (χ1v) is 3.03. The quantitative estimate of drug-likeness (QED) is 0.560. The number of halogens is 2. The van der Waals surface area contributed by atoms with Crippen LogP contribution in [0, 0.1) is 0 Å². The molecule has 0 aromatic heterocycles. The first-order valence-electron chi connectivity index (χ1n) is 2.65. The highest BCUT2D eigenvalue weighted by Gasteiger charge is 2.12. The third kappa shape index (κ3) is 1.24. The van der Waals surface area contributed by atoms with Gasteiger partial charge in [0.05, 0.1) is 5.03 Å². The van der Waals surface area contributed by atoms with Crippen molar-refractivity contribution in [3.63, 3.8) is 0 Å². The van der Waals surface area contributed by atoms with E-state index in [1.54, 1.807) is 0 Å². The zero-order valence-corrected chi connectivity index (χ0v) is 5.45. The average Bonchev–Trinajstić information content (AvgIpc) is 1.83. The van der Waals surface area contributed by atoms with Crippen molar-refractivity contribution in [2.24, 2.45) is 0 Å². The molecule has 0 atom stereocenters. The molecule has 9 heavy (non-hydrogen) atoms. The van der Waals surface area contributed by atoms with Gasteiger partial charge in [-0.1, -0.05) is 11.6 Å². The molecule has 0 spiro atoms. The maximum Gasteiger partial charge on any atom is 0.178 e. The van der Waals surface area contributed by atoms with Crippen LogP contribution >= 0.6 is 11.6 Å². The van der Waals surface area contributed by atoms with Crippen LogP contribution in [0.25, 0.3) is 0 Å². The molecule has 0 aliphatic heterocycles. The highest BCUT2D eigenvalue weighted by atomic mass is 35.5. The lowest BCUT2D eigenvalue weighted by molar-refractivity contribution is 0.380. The molecule has 0 fully saturated rings. The first-order chi connectivity index (χ1) is 4.22. The Morgan fingerprint density at radius 3 is 2.78 bits per heavy atom. The molecule has 3 heteroatoms. The van der Waals surface area contributed by atoms with E-state index in [0.29, 0.717) is 12.8 Å². The Morgan fingerprint density at radius 2 is 2.33 bits per heavy atom. The van der Waals surface area contributed by atoms with Gasteiger partial charge in [-0.3, -0.25) is 0 Å². The summed E-state index contributed by atoms with van der Waals surface area (Å²) in [5, 5.41) is 8.81. The van der Waals surface area contributed by atoms with Crippen LogP contribution < -0.4 is 0 Å². The summed E-state index contributed by atoms with van der Waals surface area (Å²) in [6, 6.07) is 0. The summed E-state index contributed by atoms with van der Waals surface area (Å²) < 4.78 is 12.4. The Labute approximate surface area is 57.4 Å². The summed E-state index contributed by atoms with van der Waals surface area (Å²) in [4.78, 5) is 0. The summed E-state index contributed by atoms with van der Waals surface area (Å²) in [5.41, 5.74) is 0. The lowest BCUT2D eigenvalue weighted by Crippen LogP contribution is -1.91. The average molecular weight is 149 g/mol. The molecule has 1 N–H and O–H groups in total. The number of hydrogen-bond acceptors (Lipinski definition) is 1. The molecule has 0 heterocycles. The molecule has 0 saturated carbocycles. The van der Waals surface area contributed by atoms with E-state index in [0.717, 1.165) is 0 Å². The molecule has 0 aromatic carbocycles. The van der Waals surface area contributed by atoms with E-state index in [-0.39, 0.29) is 10.8 Å². The molecule has 50 valence electrons. The van der Waals surface area contributed by atoms with Gasteiger partial charge < -0.3 is 5.11 Å². The topological polar surface area (TPSA) is 20.2 Å². The third-order valence-electron chi connectivity index (χ3n) is 1.16. The fourth-order valence-electron chi connectivity index (χ4n) is 0.674. The van der Waals surface area contributed by atoms with Crippen molar-refractivity contribution in [3.8, 4) is 0 Å². The molecule has 1 aliphatic carbocycles. The van der Waals surface area contributed by atoms with Crippen LogP contribution in [0.1, 0.15) is 12.8 Å². The fourth-order valence-corrected chi connectivity index (χ4v) is 0.880. The molecule has 1 nitrogen and oxygen atoms in total. The number of aliphatic hydroxyl groups excluding tert-OH is 1. The lowest BCUT2D eigenvalue weighted by atomic mass is 10.1. The summed E-state index contributed by atoms with van der Waals surface area (Å²) in [6.45, 7) is 0. The number of allylic oxidation sites excluding steroid dienone is 3. The van der Waals surface area contributed by atoms with Crippen LogP contribution in [-0.4, -0.2) is 5.11 Å². The Morgan fingerprint density at radius 1 is 1.67 bits per heavy atom. The molecule has 0 amide bonds. The van der Waals surface area contributed by atoms with Gasteiger partial charge in [0.25, 0.3) is 0 Å². The van der Waals surface area contributed by atoms with E-state index in [4.69, 9.17) is 16.7 Å². The second kappa shape index (κ2) is 2.40. The van der Waals surface area contributed by atoms with Crippen molar-refractivity contribution in [2.45, 2.75) is 12.8 Å². The Bertz CT molecular complexity index is 183. The van der Waals surface area contributed by atoms with Crippen molar-refractivity contribution in [1.82, 2.24) is 0 Å². The largest absolute Gasteiger partial charge is 0.505 e. The number of aliphatic hydroxyl groups is 1. The molecule has 0 saturated heterocycles. The SMILES string of the molecule is OC1=CCCC(Cl)=C1F. The van der Waals surface area contributed by atoms with Gasteiger partial charge in [-0.2, -0.15) is 0 Å². The van der Waals surface area contributed by atoms with E-state index in [2.05, 4.69) is 0 Å². The van der Waals surface area contributed by atoms with Crippen molar-refractivity contribution in [2.75, 3.05) is 0 Å². The van der Waals surface area contributed by atoms with Crippen LogP contribution in [0.4, 0.5) is 4.39 Å². The van der Waals surface area contributed by atoms with Gasteiger partial charge in [0.1, 0.15) is 5.76 Å². The van der Waals surface area contributed by atoms with Crippen LogP contribution in [0.15, 0.2) is 22.7 Å². The van der Waals surface area contributed by atoms with Crippen molar-refractivity contribution in [1.29, 1.82) is 0 Å². The van der Waals surface area contributed by atoms with Crippen LogP contribution in [-0.2, 0) is 0 Å². The highest BCUT2D eigenvalue weighted by molar-refractivity contribution is 6.30. The standard InChI is InChI=1S/C6H6ClFO/c7-4-2-1-3-5(9)6(4)8/h3,9H,1-2H2. The molecular formula is C6H6ClFO. The molecule has 1 rings (SSSR count). The minimum absolute atomic E-state index is 0.120. The zero-order chi connectivity index (χ0) is 6.85. The molecule has 0 unspecified atom stereocenters. The fraction of sp³-hybridized carbons (Fsp3) is 0.333. The third-order valence-corrected chi connectivity index (χ3v) is 1.52.